The van der Waals surface area contributed by atoms with E-state index in [0.717, 1.165) is 51.1 Å². The quantitative estimate of drug-likeness (QED) is 0.762. The third-order valence-corrected chi connectivity index (χ3v) is 5.19. The smallest absolute Gasteiger partial charge is 0.251 e. The Kier molecular flexibility index (Phi) is 6.24. The van der Waals surface area contributed by atoms with Crippen LogP contribution in [0.5, 0.6) is 0 Å². The summed E-state index contributed by atoms with van der Waals surface area (Å²) in [5.41, 5.74) is 2.02. The molecule has 0 saturated carbocycles. The summed E-state index contributed by atoms with van der Waals surface area (Å²) < 4.78 is 0. The second kappa shape index (κ2) is 8.60. The fourth-order valence-electron chi connectivity index (χ4n) is 3.64. The summed E-state index contributed by atoms with van der Waals surface area (Å²) in [4.78, 5) is 14.7. The molecule has 5 nitrogen and oxygen atoms in total. The molecular formula is C19H29N3O2. The SMILES string of the molecule is O=C(NCCN1CCC(O)CC1)c1cccc([C@@H]2CCCNC2)c1. The number of hydrogen-bond donors (Lipinski definition) is 3. The predicted molar refractivity (Wildman–Crippen MR) is 95.3 cm³/mol. The molecule has 0 spiro atoms. The molecule has 0 unspecified atom stereocenters. The van der Waals surface area contributed by atoms with Crippen LogP contribution in [0, 0.1) is 0 Å². The Morgan fingerprint density at radius 2 is 2.12 bits per heavy atom. The average molecular weight is 331 g/mol. The van der Waals surface area contributed by atoms with Gasteiger partial charge in [0.2, 0.25) is 0 Å². The van der Waals surface area contributed by atoms with Crippen molar-refractivity contribution in [2.75, 3.05) is 39.3 Å². The van der Waals surface area contributed by atoms with Crippen LogP contribution in [0.15, 0.2) is 24.3 Å². The van der Waals surface area contributed by atoms with Crippen molar-refractivity contribution < 1.29 is 9.90 Å². The lowest BCUT2D eigenvalue weighted by Crippen LogP contribution is -2.40. The van der Waals surface area contributed by atoms with Gasteiger partial charge in [0.25, 0.3) is 5.91 Å². The van der Waals surface area contributed by atoms with Crippen molar-refractivity contribution in [3.05, 3.63) is 35.4 Å². The maximum Gasteiger partial charge on any atom is 0.251 e. The van der Waals surface area contributed by atoms with Crippen molar-refractivity contribution >= 4 is 5.91 Å². The van der Waals surface area contributed by atoms with Crippen molar-refractivity contribution in [3.63, 3.8) is 0 Å². The third-order valence-electron chi connectivity index (χ3n) is 5.19. The molecule has 24 heavy (non-hydrogen) atoms. The van der Waals surface area contributed by atoms with Crippen LogP contribution in [0.1, 0.15) is 47.5 Å². The molecule has 5 heteroatoms. The molecule has 0 aromatic heterocycles. The molecule has 2 saturated heterocycles. The van der Waals surface area contributed by atoms with Crippen LogP contribution < -0.4 is 10.6 Å². The Morgan fingerprint density at radius 1 is 1.29 bits per heavy atom. The summed E-state index contributed by atoms with van der Waals surface area (Å²) in [5, 5.41) is 16.0. The summed E-state index contributed by atoms with van der Waals surface area (Å²) in [6.07, 6.45) is 3.93. The molecule has 3 rings (SSSR count). The second-order valence-corrected chi connectivity index (χ2v) is 7.00. The van der Waals surface area contributed by atoms with Crippen LogP contribution in [0.4, 0.5) is 0 Å². The van der Waals surface area contributed by atoms with Crippen LogP contribution in [-0.4, -0.2) is 61.3 Å². The van der Waals surface area contributed by atoms with E-state index in [2.05, 4.69) is 21.6 Å². The van der Waals surface area contributed by atoms with Crippen molar-refractivity contribution in [1.29, 1.82) is 0 Å². The number of carbonyl (C=O) groups excluding carboxylic acids is 1. The highest BCUT2D eigenvalue weighted by Crippen LogP contribution is 2.23. The monoisotopic (exact) mass is 331 g/mol. The van der Waals surface area contributed by atoms with E-state index in [1.165, 1.54) is 18.4 Å². The van der Waals surface area contributed by atoms with Gasteiger partial charge < -0.3 is 20.6 Å². The van der Waals surface area contributed by atoms with Crippen LogP contribution in [0.2, 0.25) is 0 Å². The van der Waals surface area contributed by atoms with E-state index in [9.17, 15) is 9.90 Å². The third kappa shape index (κ3) is 4.79. The number of likely N-dealkylation sites (tertiary alicyclic amines) is 1. The molecule has 1 atom stereocenters. The minimum absolute atomic E-state index is 0.0117. The molecule has 0 bridgehead atoms. The second-order valence-electron chi connectivity index (χ2n) is 7.00. The summed E-state index contributed by atoms with van der Waals surface area (Å²) >= 11 is 0. The van der Waals surface area contributed by atoms with E-state index in [1.807, 2.05) is 18.2 Å². The predicted octanol–water partition coefficient (Wildman–Crippen LogP) is 1.34. The number of piperidine rings is 2. The molecule has 2 heterocycles. The minimum Gasteiger partial charge on any atom is -0.393 e. The highest BCUT2D eigenvalue weighted by atomic mass is 16.3. The largest absolute Gasteiger partial charge is 0.393 e. The maximum atomic E-state index is 12.4. The van der Waals surface area contributed by atoms with Gasteiger partial charge in [-0.3, -0.25) is 4.79 Å². The fraction of sp³-hybridized carbons (Fsp3) is 0.632. The van der Waals surface area contributed by atoms with Crippen LogP contribution in [0.3, 0.4) is 0 Å². The Hall–Kier alpha value is -1.43. The fourth-order valence-corrected chi connectivity index (χ4v) is 3.64. The first kappa shape index (κ1) is 17.4. The van der Waals surface area contributed by atoms with Crippen LogP contribution >= 0.6 is 0 Å². The number of benzene rings is 1. The van der Waals surface area contributed by atoms with Gasteiger partial charge in [-0.15, -0.1) is 0 Å². The van der Waals surface area contributed by atoms with Crippen LogP contribution in [0.25, 0.3) is 0 Å². The number of carbonyl (C=O) groups is 1. The van der Waals surface area contributed by atoms with Crippen LogP contribution in [-0.2, 0) is 0 Å². The van der Waals surface area contributed by atoms with E-state index in [1.54, 1.807) is 0 Å². The molecule has 2 aliphatic rings. The minimum atomic E-state index is -0.146. The highest BCUT2D eigenvalue weighted by molar-refractivity contribution is 5.94. The van der Waals surface area contributed by atoms with Gasteiger partial charge >= 0.3 is 0 Å². The Labute approximate surface area is 144 Å². The molecule has 1 aromatic carbocycles. The van der Waals surface area contributed by atoms with Crippen molar-refractivity contribution in [1.82, 2.24) is 15.5 Å². The van der Waals surface area contributed by atoms with Gasteiger partial charge in [0.1, 0.15) is 0 Å². The lowest BCUT2D eigenvalue weighted by Gasteiger charge is -2.29. The van der Waals surface area contributed by atoms with Gasteiger partial charge in [-0.05, 0) is 55.8 Å². The van der Waals surface area contributed by atoms with Crippen molar-refractivity contribution in [3.8, 4) is 0 Å². The molecule has 1 amide bonds. The lowest BCUT2D eigenvalue weighted by molar-refractivity contribution is 0.0804. The van der Waals surface area contributed by atoms with Gasteiger partial charge in [-0.2, -0.15) is 0 Å². The van der Waals surface area contributed by atoms with Gasteiger partial charge in [0.15, 0.2) is 0 Å². The van der Waals surface area contributed by atoms with E-state index in [4.69, 9.17) is 0 Å². The molecule has 0 aliphatic carbocycles. The zero-order valence-electron chi connectivity index (χ0n) is 14.3. The molecule has 0 radical (unpaired) electrons. The normalized spacial score (nSPS) is 23.1. The van der Waals surface area contributed by atoms with Gasteiger partial charge in [0.05, 0.1) is 6.10 Å². The van der Waals surface area contributed by atoms with Crippen molar-refractivity contribution in [2.24, 2.45) is 0 Å². The van der Waals surface area contributed by atoms with E-state index in [0.29, 0.717) is 12.5 Å². The number of hydrogen-bond acceptors (Lipinski definition) is 4. The first-order valence-electron chi connectivity index (χ1n) is 9.21. The number of amides is 1. The van der Waals surface area contributed by atoms with Gasteiger partial charge in [-0.1, -0.05) is 12.1 Å². The summed E-state index contributed by atoms with van der Waals surface area (Å²) in [6.45, 7) is 5.45. The summed E-state index contributed by atoms with van der Waals surface area (Å²) in [7, 11) is 0. The number of rotatable bonds is 5. The summed E-state index contributed by atoms with van der Waals surface area (Å²) in [6, 6.07) is 8.06. The topological polar surface area (TPSA) is 64.6 Å². The number of nitrogens with one attached hydrogen (secondary N) is 2. The molecular weight excluding hydrogens is 302 g/mol. The first-order valence-corrected chi connectivity index (χ1v) is 9.21. The molecule has 3 N–H and O–H groups in total. The van der Waals surface area contributed by atoms with E-state index in [-0.39, 0.29) is 12.0 Å². The van der Waals surface area contributed by atoms with E-state index >= 15 is 0 Å². The number of aliphatic hydroxyl groups is 1. The standard InChI is InChI=1S/C19H29N3O2/c23-18-6-10-22(11-7-18)12-9-21-19(24)16-4-1-3-15(13-16)17-5-2-8-20-14-17/h1,3-4,13,17-18,20,23H,2,5-12,14H2,(H,21,24)/t17-/m1/s1. The van der Waals surface area contributed by atoms with E-state index < -0.39 is 0 Å². The first-order chi connectivity index (χ1) is 11.7. The lowest BCUT2D eigenvalue weighted by atomic mass is 9.90. The highest BCUT2D eigenvalue weighted by Gasteiger charge is 2.18. The molecule has 2 aliphatic heterocycles. The maximum absolute atomic E-state index is 12.4. The number of aliphatic hydroxyl groups excluding tert-OH is 1. The Balaban J connectivity index is 1.48. The Bertz CT molecular complexity index is 535. The zero-order valence-corrected chi connectivity index (χ0v) is 14.3. The molecule has 132 valence electrons. The molecule has 2 fully saturated rings. The molecule has 1 aromatic rings. The van der Waals surface area contributed by atoms with Crippen molar-refractivity contribution in [2.45, 2.75) is 37.7 Å². The van der Waals surface area contributed by atoms with Gasteiger partial charge in [0, 0.05) is 38.3 Å². The Morgan fingerprint density at radius 3 is 2.88 bits per heavy atom. The number of nitrogens with zero attached hydrogens (tertiary/aromatic N) is 1. The zero-order chi connectivity index (χ0) is 16.8. The van der Waals surface area contributed by atoms with Gasteiger partial charge in [-0.25, -0.2) is 0 Å². The average Bonchev–Trinajstić information content (AvgIpc) is 2.64. The summed E-state index contributed by atoms with van der Waals surface area (Å²) in [5.74, 6) is 0.531.